The van der Waals surface area contributed by atoms with Gasteiger partial charge in [-0.1, -0.05) is 5.16 Å². The minimum absolute atomic E-state index is 0.262. The second kappa shape index (κ2) is 5.70. The van der Waals surface area contributed by atoms with E-state index in [1.165, 1.54) is 0 Å². The van der Waals surface area contributed by atoms with E-state index in [4.69, 9.17) is 9.26 Å². The Bertz CT molecular complexity index is 604. The van der Waals surface area contributed by atoms with Crippen molar-refractivity contribution in [2.75, 3.05) is 6.61 Å². The second-order valence-corrected chi connectivity index (χ2v) is 5.96. The zero-order valence-corrected chi connectivity index (χ0v) is 12.8. The molecular weight excluding hydrogens is 278 g/mol. The molecule has 0 unspecified atom stereocenters. The SMILES string of the molecule is CCOC(=O)C(C)(C)c1nc(Cc2csc(C)n2)no1. The van der Waals surface area contributed by atoms with E-state index in [9.17, 15) is 4.79 Å². The van der Waals surface area contributed by atoms with Gasteiger partial charge in [-0.05, 0) is 27.7 Å². The monoisotopic (exact) mass is 295 g/mol. The van der Waals surface area contributed by atoms with Crippen LogP contribution < -0.4 is 0 Å². The zero-order chi connectivity index (χ0) is 14.8. The van der Waals surface area contributed by atoms with Gasteiger partial charge in [-0.25, -0.2) is 4.98 Å². The molecule has 2 rings (SSSR count). The van der Waals surface area contributed by atoms with Crippen LogP contribution in [0, 0.1) is 6.92 Å². The first-order chi connectivity index (χ1) is 9.43. The lowest BCUT2D eigenvalue weighted by Crippen LogP contribution is -2.31. The van der Waals surface area contributed by atoms with Gasteiger partial charge in [-0.15, -0.1) is 11.3 Å². The Balaban J connectivity index is 2.14. The van der Waals surface area contributed by atoms with Gasteiger partial charge in [0.05, 0.1) is 23.7 Å². The van der Waals surface area contributed by atoms with E-state index in [-0.39, 0.29) is 11.9 Å². The van der Waals surface area contributed by atoms with Gasteiger partial charge in [0.2, 0.25) is 5.89 Å². The highest BCUT2D eigenvalue weighted by atomic mass is 32.1. The van der Waals surface area contributed by atoms with Gasteiger partial charge in [0, 0.05) is 5.38 Å². The summed E-state index contributed by atoms with van der Waals surface area (Å²) in [5.74, 6) is 0.403. The van der Waals surface area contributed by atoms with Gasteiger partial charge in [0.1, 0.15) is 5.41 Å². The third-order valence-corrected chi connectivity index (χ3v) is 3.62. The molecule has 0 atom stereocenters. The number of nitrogens with zero attached hydrogens (tertiary/aromatic N) is 3. The molecule has 0 spiro atoms. The number of aromatic nitrogens is 3. The summed E-state index contributed by atoms with van der Waals surface area (Å²) in [6.45, 7) is 7.43. The van der Waals surface area contributed by atoms with Gasteiger partial charge in [0.15, 0.2) is 5.82 Å². The molecule has 0 saturated heterocycles. The number of thiazole rings is 1. The smallest absolute Gasteiger partial charge is 0.321 e. The van der Waals surface area contributed by atoms with Crippen molar-refractivity contribution in [2.24, 2.45) is 0 Å². The molecule has 0 aliphatic carbocycles. The van der Waals surface area contributed by atoms with Gasteiger partial charge < -0.3 is 9.26 Å². The summed E-state index contributed by atoms with van der Waals surface area (Å²) in [5.41, 5.74) is -0.0482. The van der Waals surface area contributed by atoms with Crippen LogP contribution in [0.2, 0.25) is 0 Å². The third kappa shape index (κ3) is 3.04. The molecule has 7 heteroatoms. The fraction of sp³-hybridized carbons (Fsp3) is 0.538. The summed E-state index contributed by atoms with van der Waals surface area (Å²) in [7, 11) is 0. The van der Waals surface area contributed by atoms with Crippen molar-refractivity contribution in [3.8, 4) is 0 Å². The Hall–Kier alpha value is -1.76. The van der Waals surface area contributed by atoms with Crippen LogP contribution in [0.25, 0.3) is 0 Å². The van der Waals surface area contributed by atoms with E-state index < -0.39 is 5.41 Å². The van der Waals surface area contributed by atoms with Crippen molar-refractivity contribution in [1.29, 1.82) is 0 Å². The highest BCUT2D eigenvalue weighted by Crippen LogP contribution is 2.23. The molecule has 0 N–H and O–H groups in total. The Kier molecular flexibility index (Phi) is 4.17. The molecule has 0 aromatic carbocycles. The lowest BCUT2D eigenvalue weighted by molar-refractivity contribution is -0.149. The van der Waals surface area contributed by atoms with Gasteiger partial charge in [-0.3, -0.25) is 4.79 Å². The number of hydrogen-bond donors (Lipinski definition) is 0. The first-order valence-corrected chi connectivity index (χ1v) is 7.22. The molecule has 0 aliphatic heterocycles. The fourth-order valence-corrected chi connectivity index (χ4v) is 2.24. The number of esters is 1. The van der Waals surface area contributed by atoms with Crippen LogP contribution in [0.1, 0.15) is 43.2 Å². The van der Waals surface area contributed by atoms with Gasteiger partial charge in [0.25, 0.3) is 0 Å². The standard InChI is InChI=1S/C13H17N3O3S/c1-5-18-12(17)13(3,4)11-15-10(16-19-11)6-9-7-20-8(2)14-9/h7H,5-6H2,1-4H3. The number of carbonyl (C=O) groups excluding carboxylic acids is 1. The predicted molar refractivity (Wildman–Crippen MR) is 73.6 cm³/mol. The maximum absolute atomic E-state index is 11.9. The summed E-state index contributed by atoms with van der Waals surface area (Å²) in [5, 5.41) is 6.86. The van der Waals surface area contributed by atoms with Crippen LogP contribution in [0.4, 0.5) is 0 Å². The number of rotatable bonds is 5. The summed E-state index contributed by atoms with van der Waals surface area (Å²) < 4.78 is 10.2. The molecule has 0 saturated carbocycles. The summed E-state index contributed by atoms with van der Waals surface area (Å²) in [4.78, 5) is 20.5. The molecule has 0 fully saturated rings. The normalized spacial score (nSPS) is 11.6. The maximum atomic E-state index is 11.9. The molecule has 2 aromatic rings. The van der Waals surface area contributed by atoms with Crippen LogP contribution in [0.5, 0.6) is 0 Å². The second-order valence-electron chi connectivity index (χ2n) is 4.90. The molecule has 0 amide bonds. The Morgan fingerprint density at radius 1 is 1.45 bits per heavy atom. The third-order valence-electron chi connectivity index (χ3n) is 2.79. The van der Waals surface area contributed by atoms with Crippen molar-refractivity contribution < 1.29 is 14.1 Å². The highest BCUT2D eigenvalue weighted by Gasteiger charge is 2.37. The van der Waals surface area contributed by atoms with E-state index in [1.54, 1.807) is 32.1 Å². The van der Waals surface area contributed by atoms with Crippen molar-refractivity contribution in [1.82, 2.24) is 15.1 Å². The van der Waals surface area contributed by atoms with Crippen molar-refractivity contribution in [3.63, 3.8) is 0 Å². The van der Waals surface area contributed by atoms with Crippen LogP contribution in [-0.2, 0) is 21.4 Å². The van der Waals surface area contributed by atoms with E-state index in [1.807, 2.05) is 12.3 Å². The quantitative estimate of drug-likeness (QED) is 0.787. The van der Waals surface area contributed by atoms with Crippen molar-refractivity contribution in [3.05, 3.63) is 27.8 Å². The van der Waals surface area contributed by atoms with E-state index in [0.717, 1.165) is 10.7 Å². The van der Waals surface area contributed by atoms with Crippen LogP contribution in [0.3, 0.4) is 0 Å². The summed E-state index contributed by atoms with van der Waals surface area (Å²) in [6.07, 6.45) is 0.493. The summed E-state index contributed by atoms with van der Waals surface area (Å²) >= 11 is 1.58. The molecule has 2 aromatic heterocycles. The largest absolute Gasteiger partial charge is 0.465 e. The average Bonchev–Trinajstić information content (AvgIpc) is 3.00. The Labute approximate surface area is 121 Å². The van der Waals surface area contributed by atoms with Gasteiger partial charge in [-0.2, -0.15) is 4.98 Å². The highest BCUT2D eigenvalue weighted by molar-refractivity contribution is 7.09. The molecule has 20 heavy (non-hydrogen) atoms. The molecule has 108 valence electrons. The molecule has 6 nitrogen and oxygen atoms in total. The number of hydrogen-bond acceptors (Lipinski definition) is 7. The first-order valence-electron chi connectivity index (χ1n) is 6.34. The number of ether oxygens (including phenoxy) is 1. The maximum Gasteiger partial charge on any atom is 0.321 e. The zero-order valence-electron chi connectivity index (χ0n) is 12.0. The van der Waals surface area contributed by atoms with Crippen LogP contribution in [0.15, 0.2) is 9.90 Å². The number of aryl methyl sites for hydroxylation is 1. The molecule has 0 aliphatic rings. The molecular formula is C13H17N3O3S. The minimum Gasteiger partial charge on any atom is -0.465 e. The first kappa shape index (κ1) is 14.6. The number of carbonyl (C=O) groups is 1. The minimum atomic E-state index is -0.945. The fourth-order valence-electron chi connectivity index (χ4n) is 1.63. The van der Waals surface area contributed by atoms with Crippen molar-refractivity contribution >= 4 is 17.3 Å². The molecule has 0 bridgehead atoms. The molecule has 2 heterocycles. The van der Waals surface area contributed by atoms with Crippen molar-refractivity contribution in [2.45, 2.75) is 39.5 Å². The topological polar surface area (TPSA) is 78.1 Å². The average molecular weight is 295 g/mol. The van der Waals surface area contributed by atoms with Crippen LogP contribution >= 0.6 is 11.3 Å². The lowest BCUT2D eigenvalue weighted by atomic mass is 9.94. The van der Waals surface area contributed by atoms with E-state index in [2.05, 4.69) is 15.1 Å². The predicted octanol–water partition coefficient (Wildman–Crippen LogP) is 2.27. The Morgan fingerprint density at radius 2 is 2.20 bits per heavy atom. The van der Waals surface area contributed by atoms with Gasteiger partial charge >= 0.3 is 5.97 Å². The Morgan fingerprint density at radius 3 is 2.80 bits per heavy atom. The van der Waals surface area contributed by atoms with E-state index in [0.29, 0.717) is 18.9 Å². The van der Waals surface area contributed by atoms with Crippen LogP contribution in [-0.4, -0.2) is 27.7 Å². The lowest BCUT2D eigenvalue weighted by Gasteiger charge is -2.16. The van der Waals surface area contributed by atoms with E-state index >= 15 is 0 Å². The molecule has 0 radical (unpaired) electrons. The summed E-state index contributed by atoms with van der Waals surface area (Å²) in [6, 6.07) is 0.